The number of benzene rings is 1. The van der Waals surface area contributed by atoms with Crippen molar-refractivity contribution < 1.29 is 9.90 Å². The summed E-state index contributed by atoms with van der Waals surface area (Å²) in [6.45, 7) is 0. The normalized spacial score (nSPS) is 17.7. The van der Waals surface area contributed by atoms with Crippen LogP contribution in [0.25, 0.3) is 10.9 Å². The van der Waals surface area contributed by atoms with Crippen molar-refractivity contribution in [2.75, 3.05) is 0 Å². The van der Waals surface area contributed by atoms with Crippen molar-refractivity contribution >= 4 is 16.9 Å². The first-order chi connectivity index (χ1) is 9.21. The maximum atomic E-state index is 11.6. The molecular weight excluding hydrogens is 238 g/mol. The van der Waals surface area contributed by atoms with Gasteiger partial charge >= 0.3 is 5.97 Å². The zero-order valence-corrected chi connectivity index (χ0v) is 10.8. The highest BCUT2D eigenvalue weighted by Crippen LogP contribution is 2.42. The minimum Gasteiger partial charge on any atom is -0.481 e. The van der Waals surface area contributed by atoms with Crippen molar-refractivity contribution in [2.45, 2.75) is 32.1 Å². The summed E-state index contributed by atoms with van der Waals surface area (Å²) in [7, 11) is 0. The summed E-state index contributed by atoms with van der Waals surface area (Å²) in [5.74, 6) is -0.655. The Morgan fingerprint density at radius 1 is 1.21 bits per heavy atom. The Labute approximate surface area is 112 Å². The number of carboxylic acid groups (broad SMARTS) is 1. The lowest BCUT2D eigenvalue weighted by Crippen LogP contribution is -2.30. The fourth-order valence-electron chi connectivity index (χ4n) is 3.19. The Kier molecular flexibility index (Phi) is 2.97. The van der Waals surface area contributed by atoms with E-state index in [0.29, 0.717) is 6.42 Å². The molecule has 1 aliphatic rings. The average molecular weight is 255 g/mol. The number of hydrogen-bond acceptors (Lipinski definition) is 2. The first kappa shape index (κ1) is 12.2. The van der Waals surface area contributed by atoms with Crippen molar-refractivity contribution in [3.05, 3.63) is 42.1 Å². The molecule has 1 aromatic carbocycles. The quantitative estimate of drug-likeness (QED) is 0.914. The largest absolute Gasteiger partial charge is 0.481 e. The van der Waals surface area contributed by atoms with Crippen LogP contribution in [0.15, 0.2) is 36.5 Å². The number of fused-ring (bicyclic) bond motifs is 1. The van der Waals surface area contributed by atoms with E-state index in [0.717, 1.165) is 42.1 Å². The molecule has 0 atom stereocenters. The second-order valence-electron chi connectivity index (χ2n) is 5.46. The number of aromatic nitrogens is 1. The van der Waals surface area contributed by atoms with Gasteiger partial charge in [0.2, 0.25) is 0 Å². The average Bonchev–Trinajstić information content (AvgIpc) is 2.89. The number of carbonyl (C=O) groups is 1. The molecule has 1 N–H and O–H groups in total. The highest BCUT2D eigenvalue weighted by Gasteiger charge is 2.41. The molecule has 0 amide bonds. The molecular formula is C16H17NO2. The third-order valence-corrected chi connectivity index (χ3v) is 4.26. The third kappa shape index (κ3) is 2.09. The smallest absolute Gasteiger partial charge is 0.309 e. The van der Waals surface area contributed by atoms with E-state index in [4.69, 9.17) is 0 Å². The molecule has 0 unspecified atom stereocenters. The van der Waals surface area contributed by atoms with E-state index < -0.39 is 11.4 Å². The highest BCUT2D eigenvalue weighted by molar-refractivity contribution is 5.83. The van der Waals surface area contributed by atoms with Gasteiger partial charge in [-0.2, -0.15) is 0 Å². The van der Waals surface area contributed by atoms with E-state index in [9.17, 15) is 9.90 Å². The Morgan fingerprint density at radius 3 is 2.68 bits per heavy atom. The molecule has 1 heterocycles. The van der Waals surface area contributed by atoms with Gasteiger partial charge < -0.3 is 5.11 Å². The van der Waals surface area contributed by atoms with Crippen LogP contribution < -0.4 is 0 Å². The molecule has 0 radical (unpaired) electrons. The van der Waals surface area contributed by atoms with Crippen molar-refractivity contribution in [2.24, 2.45) is 5.41 Å². The number of nitrogens with zero attached hydrogens (tertiary/aromatic N) is 1. The zero-order chi connectivity index (χ0) is 13.3. The van der Waals surface area contributed by atoms with E-state index in [2.05, 4.69) is 4.98 Å². The summed E-state index contributed by atoms with van der Waals surface area (Å²) in [5.41, 5.74) is 1.42. The minimum atomic E-state index is -0.655. The van der Waals surface area contributed by atoms with E-state index in [1.807, 2.05) is 30.3 Å². The maximum Gasteiger partial charge on any atom is 0.309 e. The second kappa shape index (κ2) is 4.65. The first-order valence-electron chi connectivity index (χ1n) is 6.77. The van der Waals surface area contributed by atoms with Crippen LogP contribution in [0.2, 0.25) is 0 Å². The zero-order valence-electron chi connectivity index (χ0n) is 10.8. The molecule has 98 valence electrons. The highest BCUT2D eigenvalue weighted by atomic mass is 16.4. The molecule has 0 aliphatic heterocycles. The molecule has 0 bridgehead atoms. The Morgan fingerprint density at radius 2 is 1.95 bits per heavy atom. The van der Waals surface area contributed by atoms with E-state index in [1.54, 1.807) is 6.20 Å². The van der Waals surface area contributed by atoms with Crippen LogP contribution in [0, 0.1) is 5.41 Å². The Hall–Kier alpha value is -1.90. The molecule has 1 saturated carbocycles. The SMILES string of the molecule is O=C(O)C1(Cc2cccc3cccnc23)CCCC1. The van der Waals surface area contributed by atoms with Crippen LogP contribution in [0.3, 0.4) is 0 Å². The van der Waals surface area contributed by atoms with Gasteiger partial charge in [-0.1, -0.05) is 37.1 Å². The van der Waals surface area contributed by atoms with Crippen molar-refractivity contribution in [3.8, 4) is 0 Å². The second-order valence-corrected chi connectivity index (χ2v) is 5.46. The van der Waals surface area contributed by atoms with Gasteiger partial charge in [-0.3, -0.25) is 9.78 Å². The van der Waals surface area contributed by atoms with Crippen molar-refractivity contribution in [1.82, 2.24) is 4.98 Å². The molecule has 1 fully saturated rings. The molecule has 0 spiro atoms. The van der Waals surface area contributed by atoms with Crippen LogP contribution in [-0.2, 0) is 11.2 Å². The monoisotopic (exact) mass is 255 g/mol. The number of para-hydroxylation sites is 1. The Balaban J connectivity index is 2.03. The summed E-state index contributed by atoms with van der Waals surface area (Å²) >= 11 is 0. The predicted molar refractivity (Wildman–Crippen MR) is 74.0 cm³/mol. The topological polar surface area (TPSA) is 50.2 Å². The fraction of sp³-hybridized carbons (Fsp3) is 0.375. The third-order valence-electron chi connectivity index (χ3n) is 4.26. The molecule has 1 aromatic heterocycles. The van der Waals surface area contributed by atoms with E-state index in [1.165, 1.54) is 0 Å². The number of hydrogen-bond donors (Lipinski definition) is 1. The molecule has 0 saturated heterocycles. The molecule has 3 rings (SSSR count). The first-order valence-corrected chi connectivity index (χ1v) is 6.77. The summed E-state index contributed by atoms with van der Waals surface area (Å²) in [6, 6.07) is 9.96. The van der Waals surface area contributed by atoms with Crippen molar-refractivity contribution in [1.29, 1.82) is 0 Å². The van der Waals surface area contributed by atoms with E-state index >= 15 is 0 Å². The molecule has 2 aromatic rings. The lowest BCUT2D eigenvalue weighted by Gasteiger charge is -2.24. The molecule has 19 heavy (non-hydrogen) atoms. The van der Waals surface area contributed by atoms with Crippen molar-refractivity contribution in [3.63, 3.8) is 0 Å². The predicted octanol–water partition coefficient (Wildman–Crippen LogP) is 3.42. The number of aliphatic carboxylic acids is 1. The van der Waals surface area contributed by atoms with Crippen LogP contribution >= 0.6 is 0 Å². The van der Waals surface area contributed by atoms with Crippen LogP contribution in [-0.4, -0.2) is 16.1 Å². The molecule has 3 nitrogen and oxygen atoms in total. The number of carboxylic acids is 1. The van der Waals surface area contributed by atoms with Gasteiger partial charge in [0.05, 0.1) is 10.9 Å². The van der Waals surface area contributed by atoms with Gasteiger partial charge in [0.1, 0.15) is 0 Å². The number of rotatable bonds is 3. The standard InChI is InChI=1S/C16H17NO2/c18-15(19)16(8-1-2-9-16)11-13-6-3-5-12-7-4-10-17-14(12)13/h3-7,10H,1-2,8-9,11H2,(H,18,19). The summed E-state index contributed by atoms with van der Waals surface area (Å²) in [4.78, 5) is 16.1. The van der Waals surface area contributed by atoms with Crippen LogP contribution in [0.1, 0.15) is 31.2 Å². The molecule has 1 aliphatic carbocycles. The van der Waals surface area contributed by atoms with Gasteiger partial charge in [0.25, 0.3) is 0 Å². The summed E-state index contributed by atoms with van der Waals surface area (Å²) in [5, 5.41) is 10.7. The van der Waals surface area contributed by atoms with Gasteiger partial charge in [-0.15, -0.1) is 0 Å². The van der Waals surface area contributed by atoms with Crippen LogP contribution in [0.4, 0.5) is 0 Å². The van der Waals surface area contributed by atoms with Gasteiger partial charge in [-0.05, 0) is 30.9 Å². The minimum absolute atomic E-state index is 0.578. The molecule has 3 heteroatoms. The number of pyridine rings is 1. The Bertz CT molecular complexity index is 610. The summed E-state index contributed by atoms with van der Waals surface area (Å²) < 4.78 is 0. The fourth-order valence-corrected chi connectivity index (χ4v) is 3.19. The van der Waals surface area contributed by atoms with Gasteiger partial charge in [0.15, 0.2) is 0 Å². The summed E-state index contributed by atoms with van der Waals surface area (Å²) in [6.07, 6.45) is 5.97. The lowest BCUT2D eigenvalue weighted by atomic mass is 9.79. The van der Waals surface area contributed by atoms with Gasteiger partial charge in [0, 0.05) is 11.6 Å². The van der Waals surface area contributed by atoms with Crippen LogP contribution in [0.5, 0.6) is 0 Å². The lowest BCUT2D eigenvalue weighted by molar-refractivity contribution is -0.148. The van der Waals surface area contributed by atoms with Gasteiger partial charge in [-0.25, -0.2) is 0 Å². The van der Waals surface area contributed by atoms with E-state index in [-0.39, 0.29) is 0 Å². The maximum absolute atomic E-state index is 11.6.